The van der Waals surface area contributed by atoms with Gasteiger partial charge in [0.15, 0.2) is 0 Å². The molecular formula is C16H11BrO4S. The molecule has 3 rings (SSSR count). The van der Waals surface area contributed by atoms with Gasteiger partial charge >= 0.3 is 11.6 Å². The molecule has 6 heteroatoms. The highest BCUT2D eigenvalue weighted by molar-refractivity contribution is 9.10. The van der Waals surface area contributed by atoms with E-state index in [1.807, 2.05) is 30.5 Å². The van der Waals surface area contributed by atoms with Crippen LogP contribution in [0.1, 0.15) is 20.8 Å². The molecule has 0 N–H and O–H groups in total. The largest absolute Gasteiger partial charge is 0.457 e. The predicted octanol–water partition coefficient (Wildman–Crippen LogP) is 4.28. The first kappa shape index (κ1) is 15.0. The van der Waals surface area contributed by atoms with Crippen LogP contribution in [0, 0.1) is 6.92 Å². The maximum Gasteiger partial charge on any atom is 0.348 e. The van der Waals surface area contributed by atoms with Gasteiger partial charge in [0.25, 0.3) is 0 Å². The summed E-state index contributed by atoms with van der Waals surface area (Å²) >= 11 is 4.67. The summed E-state index contributed by atoms with van der Waals surface area (Å²) in [5.41, 5.74) is 1.50. The number of carbonyl (C=O) groups excluding carboxylic acids is 1. The fourth-order valence-corrected chi connectivity index (χ4v) is 3.27. The van der Waals surface area contributed by atoms with Gasteiger partial charge in [-0.2, -0.15) is 0 Å². The molecule has 22 heavy (non-hydrogen) atoms. The van der Waals surface area contributed by atoms with Crippen molar-refractivity contribution < 1.29 is 13.9 Å². The topological polar surface area (TPSA) is 56.5 Å². The van der Waals surface area contributed by atoms with Crippen LogP contribution < -0.4 is 5.63 Å². The van der Waals surface area contributed by atoms with Crippen LogP contribution in [-0.2, 0) is 11.3 Å². The van der Waals surface area contributed by atoms with Crippen molar-refractivity contribution in [2.24, 2.45) is 0 Å². The molecule has 0 atom stereocenters. The predicted molar refractivity (Wildman–Crippen MR) is 88.4 cm³/mol. The monoisotopic (exact) mass is 378 g/mol. The van der Waals surface area contributed by atoms with Gasteiger partial charge in [-0.15, -0.1) is 11.3 Å². The maximum atomic E-state index is 12.1. The molecule has 0 saturated carbocycles. The van der Waals surface area contributed by atoms with Gasteiger partial charge < -0.3 is 9.15 Å². The lowest BCUT2D eigenvalue weighted by Gasteiger charge is -2.07. The highest BCUT2D eigenvalue weighted by atomic mass is 79.9. The molecule has 0 aliphatic heterocycles. The van der Waals surface area contributed by atoms with Gasteiger partial charge in [-0.25, -0.2) is 9.59 Å². The average Bonchev–Trinajstić information content (AvgIpc) is 2.90. The third kappa shape index (κ3) is 2.98. The Morgan fingerprint density at radius 2 is 2.14 bits per heavy atom. The number of halogens is 1. The van der Waals surface area contributed by atoms with Gasteiger partial charge in [0.2, 0.25) is 0 Å². The SMILES string of the molecule is Cc1ccsc1C(=O)OCc1cc(=O)oc2cc(Br)ccc12. The summed E-state index contributed by atoms with van der Waals surface area (Å²) in [5, 5.41) is 2.59. The summed E-state index contributed by atoms with van der Waals surface area (Å²) in [6.07, 6.45) is 0. The summed E-state index contributed by atoms with van der Waals surface area (Å²) in [6, 6.07) is 8.60. The summed E-state index contributed by atoms with van der Waals surface area (Å²) in [6.45, 7) is 1.89. The third-order valence-corrected chi connectivity index (χ3v) is 4.69. The summed E-state index contributed by atoms with van der Waals surface area (Å²) in [5.74, 6) is -0.383. The second-order valence-corrected chi connectivity index (χ2v) is 6.57. The number of ether oxygens (including phenoxy) is 1. The van der Waals surface area contributed by atoms with Crippen molar-refractivity contribution in [2.45, 2.75) is 13.5 Å². The van der Waals surface area contributed by atoms with Crippen LogP contribution in [0.3, 0.4) is 0 Å². The molecule has 3 aromatic rings. The van der Waals surface area contributed by atoms with Crippen molar-refractivity contribution in [1.82, 2.24) is 0 Å². The normalized spacial score (nSPS) is 10.8. The second-order valence-electron chi connectivity index (χ2n) is 4.74. The van der Waals surface area contributed by atoms with Crippen LogP contribution >= 0.6 is 27.3 Å². The van der Waals surface area contributed by atoms with Crippen LogP contribution in [0.25, 0.3) is 11.0 Å². The van der Waals surface area contributed by atoms with E-state index in [0.29, 0.717) is 16.0 Å². The van der Waals surface area contributed by atoms with Crippen LogP contribution in [0.4, 0.5) is 0 Å². The number of fused-ring (bicyclic) bond motifs is 1. The quantitative estimate of drug-likeness (QED) is 0.504. The molecule has 112 valence electrons. The molecule has 0 aliphatic carbocycles. The van der Waals surface area contributed by atoms with Crippen molar-refractivity contribution in [3.05, 3.63) is 66.6 Å². The van der Waals surface area contributed by atoms with E-state index in [-0.39, 0.29) is 12.6 Å². The highest BCUT2D eigenvalue weighted by Crippen LogP contribution is 2.23. The number of benzene rings is 1. The minimum Gasteiger partial charge on any atom is -0.457 e. The molecule has 2 aromatic heterocycles. The summed E-state index contributed by atoms with van der Waals surface area (Å²) < 4.78 is 11.3. The molecular weight excluding hydrogens is 368 g/mol. The van der Waals surface area contributed by atoms with Crippen LogP contribution in [0.5, 0.6) is 0 Å². The number of rotatable bonds is 3. The van der Waals surface area contributed by atoms with Gasteiger partial charge in [-0.05, 0) is 42.1 Å². The molecule has 0 fully saturated rings. The molecule has 0 bridgehead atoms. The number of hydrogen-bond donors (Lipinski definition) is 0. The summed E-state index contributed by atoms with van der Waals surface area (Å²) in [7, 11) is 0. The number of aryl methyl sites for hydroxylation is 1. The molecule has 0 saturated heterocycles. The summed E-state index contributed by atoms with van der Waals surface area (Å²) in [4.78, 5) is 24.3. The smallest absolute Gasteiger partial charge is 0.348 e. The van der Waals surface area contributed by atoms with E-state index in [0.717, 1.165) is 15.4 Å². The molecule has 0 radical (unpaired) electrons. The van der Waals surface area contributed by atoms with Crippen LogP contribution in [-0.4, -0.2) is 5.97 Å². The Balaban J connectivity index is 1.89. The first-order chi connectivity index (χ1) is 10.5. The van der Waals surface area contributed by atoms with E-state index in [4.69, 9.17) is 9.15 Å². The lowest BCUT2D eigenvalue weighted by molar-refractivity contribution is 0.0479. The van der Waals surface area contributed by atoms with Crippen molar-refractivity contribution in [3.63, 3.8) is 0 Å². The molecule has 2 heterocycles. The van der Waals surface area contributed by atoms with Gasteiger partial charge in [-0.3, -0.25) is 0 Å². The lowest BCUT2D eigenvalue weighted by atomic mass is 10.1. The molecule has 0 unspecified atom stereocenters. The highest BCUT2D eigenvalue weighted by Gasteiger charge is 2.14. The Morgan fingerprint density at radius 1 is 1.32 bits per heavy atom. The molecule has 4 nitrogen and oxygen atoms in total. The van der Waals surface area contributed by atoms with Gasteiger partial charge in [0, 0.05) is 21.5 Å². The third-order valence-electron chi connectivity index (χ3n) is 3.20. The lowest BCUT2D eigenvalue weighted by Crippen LogP contribution is -2.07. The Kier molecular flexibility index (Phi) is 4.13. The molecule has 0 spiro atoms. The first-order valence-corrected chi connectivity index (χ1v) is 8.15. The van der Waals surface area contributed by atoms with E-state index in [9.17, 15) is 9.59 Å². The second kappa shape index (κ2) is 6.06. The van der Waals surface area contributed by atoms with Crippen molar-refractivity contribution in [1.29, 1.82) is 0 Å². The number of hydrogen-bond acceptors (Lipinski definition) is 5. The van der Waals surface area contributed by atoms with Crippen LogP contribution in [0.2, 0.25) is 0 Å². The average molecular weight is 379 g/mol. The van der Waals surface area contributed by atoms with E-state index in [1.165, 1.54) is 17.4 Å². The van der Waals surface area contributed by atoms with Crippen molar-refractivity contribution in [3.8, 4) is 0 Å². The minimum absolute atomic E-state index is 0.0277. The first-order valence-electron chi connectivity index (χ1n) is 6.48. The number of esters is 1. The Hall–Kier alpha value is -1.92. The zero-order valence-corrected chi connectivity index (χ0v) is 14.0. The Morgan fingerprint density at radius 3 is 2.86 bits per heavy atom. The number of thiophene rings is 1. The fourth-order valence-electron chi connectivity index (χ4n) is 2.11. The standard InChI is InChI=1S/C16H11BrO4S/c1-9-4-5-22-15(9)16(19)20-8-10-6-14(18)21-13-7-11(17)2-3-12(10)13/h2-7H,8H2,1H3. The van der Waals surface area contributed by atoms with E-state index >= 15 is 0 Å². The van der Waals surface area contributed by atoms with Crippen molar-refractivity contribution in [2.75, 3.05) is 0 Å². The molecule has 0 aliphatic rings. The number of carbonyl (C=O) groups is 1. The molecule has 0 amide bonds. The van der Waals surface area contributed by atoms with E-state index in [1.54, 1.807) is 6.07 Å². The van der Waals surface area contributed by atoms with Crippen LogP contribution in [0.15, 0.2) is 49.4 Å². The van der Waals surface area contributed by atoms with E-state index < -0.39 is 5.63 Å². The van der Waals surface area contributed by atoms with E-state index in [2.05, 4.69) is 15.9 Å². The molecule has 1 aromatic carbocycles. The Bertz CT molecular complexity index is 910. The van der Waals surface area contributed by atoms with Gasteiger partial charge in [0.05, 0.1) is 0 Å². The zero-order valence-electron chi connectivity index (χ0n) is 11.6. The van der Waals surface area contributed by atoms with Gasteiger partial charge in [-0.1, -0.05) is 15.9 Å². The minimum atomic E-state index is -0.469. The van der Waals surface area contributed by atoms with Gasteiger partial charge in [0.1, 0.15) is 17.1 Å². The van der Waals surface area contributed by atoms with Crippen molar-refractivity contribution >= 4 is 44.2 Å². The maximum absolute atomic E-state index is 12.1. The Labute approximate surface area is 138 Å². The zero-order chi connectivity index (χ0) is 15.7. The fraction of sp³-hybridized carbons (Fsp3) is 0.125.